The van der Waals surface area contributed by atoms with Gasteiger partial charge >= 0.3 is 0 Å². The zero-order valence-corrected chi connectivity index (χ0v) is 18.2. The van der Waals surface area contributed by atoms with Crippen molar-refractivity contribution in [2.45, 2.75) is 0 Å². The quantitative estimate of drug-likeness (QED) is 0.424. The van der Waals surface area contributed by atoms with E-state index in [9.17, 15) is 9.59 Å². The highest BCUT2D eigenvalue weighted by atomic mass is 16.5. The van der Waals surface area contributed by atoms with Crippen LogP contribution in [0.25, 0.3) is 5.57 Å². The fourth-order valence-electron chi connectivity index (χ4n) is 5.79. The van der Waals surface area contributed by atoms with E-state index in [4.69, 9.17) is 4.74 Å². The van der Waals surface area contributed by atoms with Crippen molar-refractivity contribution in [3.8, 4) is 5.75 Å². The van der Waals surface area contributed by atoms with Crippen molar-refractivity contribution < 1.29 is 14.3 Å². The van der Waals surface area contributed by atoms with Crippen molar-refractivity contribution in [3.05, 3.63) is 114 Å². The minimum atomic E-state index is -0.355. The maximum Gasteiger partial charge on any atom is 0.238 e. The lowest BCUT2D eigenvalue weighted by molar-refractivity contribution is -0.122. The second-order valence-electron chi connectivity index (χ2n) is 8.76. The summed E-state index contributed by atoms with van der Waals surface area (Å²) in [7, 11) is 1.60. The van der Waals surface area contributed by atoms with Crippen molar-refractivity contribution in [2.24, 2.45) is 23.7 Å². The van der Waals surface area contributed by atoms with Gasteiger partial charge in [0.05, 0.1) is 24.6 Å². The Balaban J connectivity index is 1.46. The van der Waals surface area contributed by atoms with Gasteiger partial charge in [-0.1, -0.05) is 72.8 Å². The van der Waals surface area contributed by atoms with Crippen LogP contribution >= 0.6 is 0 Å². The molecule has 1 heterocycles. The summed E-state index contributed by atoms with van der Waals surface area (Å²) >= 11 is 0. The van der Waals surface area contributed by atoms with E-state index in [-0.39, 0.29) is 35.5 Å². The van der Waals surface area contributed by atoms with E-state index in [0.29, 0.717) is 11.4 Å². The summed E-state index contributed by atoms with van der Waals surface area (Å²) in [6, 6.07) is 27.7. The van der Waals surface area contributed by atoms with E-state index in [1.165, 1.54) is 10.5 Å². The highest BCUT2D eigenvalue weighted by Gasteiger charge is 2.62. The molecule has 3 aliphatic rings. The second-order valence-corrected chi connectivity index (χ2v) is 8.76. The molecule has 1 saturated carbocycles. The van der Waals surface area contributed by atoms with Gasteiger partial charge in [-0.15, -0.1) is 0 Å². The number of carbonyl (C=O) groups is 2. The molecule has 0 N–H and O–H groups in total. The van der Waals surface area contributed by atoms with Gasteiger partial charge in [0.15, 0.2) is 0 Å². The van der Waals surface area contributed by atoms with Crippen molar-refractivity contribution in [3.63, 3.8) is 0 Å². The number of hydrogen-bond acceptors (Lipinski definition) is 3. The lowest BCUT2D eigenvalue weighted by Crippen LogP contribution is -2.33. The van der Waals surface area contributed by atoms with Crippen molar-refractivity contribution in [1.29, 1.82) is 0 Å². The van der Waals surface area contributed by atoms with Crippen LogP contribution in [0.1, 0.15) is 11.1 Å². The number of carbonyl (C=O) groups excluding carboxylic acids is 2. The molecule has 1 saturated heterocycles. The predicted molar refractivity (Wildman–Crippen MR) is 127 cm³/mol. The number of imide groups is 1. The Hall–Kier alpha value is -3.92. The lowest BCUT2D eigenvalue weighted by Gasteiger charge is -2.21. The van der Waals surface area contributed by atoms with E-state index >= 15 is 0 Å². The Kier molecular flexibility index (Phi) is 4.54. The molecule has 0 aromatic heterocycles. The molecular weight excluding hydrogens is 410 g/mol. The summed E-state index contributed by atoms with van der Waals surface area (Å²) in [6.07, 6.45) is 4.27. The number of allylic oxidation sites excluding steroid dienone is 3. The Morgan fingerprint density at radius 3 is 1.64 bits per heavy atom. The number of benzene rings is 3. The molecule has 0 spiro atoms. The second kappa shape index (κ2) is 7.59. The zero-order valence-electron chi connectivity index (χ0n) is 18.2. The number of ether oxygens (including phenoxy) is 1. The van der Waals surface area contributed by atoms with Crippen LogP contribution in [0.3, 0.4) is 0 Å². The van der Waals surface area contributed by atoms with Crippen LogP contribution in [0, 0.1) is 23.7 Å². The molecule has 1 aliphatic heterocycles. The Bertz CT molecular complexity index is 1220. The molecule has 6 rings (SSSR count). The van der Waals surface area contributed by atoms with Crippen LogP contribution < -0.4 is 9.64 Å². The standard InChI is InChI=1S/C29H23NO3/c1-33-21-14-12-20(13-15-21)30-28(31)26-22-16-17-23(27(26)29(30)32)25(22)24(18-8-4-2-5-9-18)19-10-6-3-7-11-19/h2-17,22-23,26-27H,1H3/t22-,23-,26-,27-/m0/s1. The number of fused-ring (bicyclic) bond motifs is 5. The number of nitrogens with zero attached hydrogens (tertiary/aromatic N) is 1. The number of anilines is 1. The van der Waals surface area contributed by atoms with Crippen LogP contribution in [-0.2, 0) is 9.59 Å². The third-order valence-corrected chi connectivity index (χ3v) is 7.16. The van der Waals surface area contributed by atoms with Crippen molar-refractivity contribution in [2.75, 3.05) is 12.0 Å². The molecule has 2 aliphatic carbocycles. The summed E-state index contributed by atoms with van der Waals surface area (Å²) in [4.78, 5) is 28.6. The fraction of sp³-hybridized carbons (Fsp3) is 0.172. The van der Waals surface area contributed by atoms with Gasteiger partial charge < -0.3 is 4.74 Å². The molecule has 4 nitrogen and oxygen atoms in total. The van der Waals surface area contributed by atoms with Gasteiger partial charge in [-0.05, 0) is 46.5 Å². The number of rotatable bonds is 4. The number of hydrogen-bond donors (Lipinski definition) is 0. The first-order chi connectivity index (χ1) is 16.2. The van der Waals surface area contributed by atoms with Gasteiger partial charge in [0.25, 0.3) is 0 Å². The average Bonchev–Trinajstić information content (AvgIpc) is 3.50. The summed E-state index contributed by atoms with van der Waals surface area (Å²) < 4.78 is 5.22. The van der Waals surface area contributed by atoms with Gasteiger partial charge in [0, 0.05) is 11.8 Å². The van der Waals surface area contributed by atoms with Crippen LogP contribution in [-0.4, -0.2) is 18.9 Å². The lowest BCUT2D eigenvalue weighted by atomic mass is 9.85. The molecule has 2 amide bonds. The molecular formula is C29H23NO3. The summed E-state index contributed by atoms with van der Waals surface area (Å²) in [5, 5.41) is 0. The highest BCUT2D eigenvalue weighted by molar-refractivity contribution is 6.23. The zero-order chi connectivity index (χ0) is 22.5. The highest BCUT2D eigenvalue weighted by Crippen LogP contribution is 2.58. The summed E-state index contributed by atoms with van der Waals surface area (Å²) in [5.74, 6) is -0.375. The number of amides is 2. The molecule has 3 aromatic rings. The summed E-state index contributed by atoms with van der Waals surface area (Å²) in [6.45, 7) is 0. The predicted octanol–water partition coefficient (Wildman–Crippen LogP) is 5.12. The fourth-order valence-corrected chi connectivity index (χ4v) is 5.79. The van der Waals surface area contributed by atoms with Gasteiger partial charge in [0.2, 0.25) is 11.8 Å². The smallest absolute Gasteiger partial charge is 0.238 e. The normalized spacial score (nSPS) is 25.0. The van der Waals surface area contributed by atoms with E-state index in [1.807, 2.05) is 36.4 Å². The largest absolute Gasteiger partial charge is 0.497 e. The van der Waals surface area contributed by atoms with E-state index in [1.54, 1.807) is 31.4 Å². The Labute approximate surface area is 192 Å². The maximum atomic E-state index is 13.6. The average molecular weight is 434 g/mol. The van der Waals surface area contributed by atoms with Gasteiger partial charge in [-0.3, -0.25) is 9.59 Å². The molecule has 33 heavy (non-hydrogen) atoms. The monoisotopic (exact) mass is 433 g/mol. The van der Waals surface area contributed by atoms with Crippen LogP contribution in [0.15, 0.2) is 103 Å². The third kappa shape index (κ3) is 2.91. The molecule has 162 valence electrons. The Morgan fingerprint density at radius 1 is 0.697 bits per heavy atom. The minimum absolute atomic E-state index is 0.0740. The molecule has 2 bridgehead atoms. The van der Waals surface area contributed by atoms with Crippen LogP contribution in [0.4, 0.5) is 5.69 Å². The van der Waals surface area contributed by atoms with E-state index in [2.05, 4.69) is 36.4 Å². The van der Waals surface area contributed by atoms with Crippen molar-refractivity contribution in [1.82, 2.24) is 0 Å². The first-order valence-electron chi connectivity index (χ1n) is 11.2. The molecule has 3 aromatic carbocycles. The topological polar surface area (TPSA) is 46.6 Å². The number of methoxy groups -OCH3 is 1. The van der Waals surface area contributed by atoms with E-state index in [0.717, 1.165) is 16.7 Å². The maximum absolute atomic E-state index is 13.6. The first kappa shape index (κ1) is 19.7. The molecule has 0 unspecified atom stereocenters. The molecule has 4 atom stereocenters. The Morgan fingerprint density at radius 2 is 1.18 bits per heavy atom. The first-order valence-corrected chi connectivity index (χ1v) is 11.2. The van der Waals surface area contributed by atoms with Gasteiger partial charge in [0.1, 0.15) is 5.75 Å². The molecule has 4 heteroatoms. The molecule has 2 fully saturated rings. The van der Waals surface area contributed by atoms with Gasteiger partial charge in [-0.2, -0.15) is 0 Å². The SMILES string of the molecule is COc1ccc(N2C(=O)[C@@H]3[C@@H](C2=O)[C@H]2C=C[C@H]3C2=C(c2ccccc2)c2ccccc2)cc1. The van der Waals surface area contributed by atoms with Crippen LogP contribution in [0.5, 0.6) is 5.75 Å². The van der Waals surface area contributed by atoms with Gasteiger partial charge in [-0.25, -0.2) is 4.90 Å². The third-order valence-electron chi connectivity index (χ3n) is 7.16. The molecule has 0 radical (unpaired) electrons. The van der Waals surface area contributed by atoms with Crippen LogP contribution in [0.2, 0.25) is 0 Å². The van der Waals surface area contributed by atoms with E-state index < -0.39 is 0 Å². The summed E-state index contributed by atoms with van der Waals surface area (Å²) in [5.41, 5.74) is 5.17. The minimum Gasteiger partial charge on any atom is -0.497 e. The van der Waals surface area contributed by atoms with Crippen molar-refractivity contribution >= 4 is 23.1 Å².